The molecule has 3 heteroatoms. The largest absolute Gasteiger partial charge is 0.317 e. The number of hydrogen-bond acceptors (Lipinski definition) is 1. The molecule has 0 amide bonds. The number of rotatable bonds is 4. The zero-order valence-electron chi connectivity index (χ0n) is 6.06. The molecule has 1 N–H and O–H groups in total. The summed E-state index contributed by atoms with van der Waals surface area (Å²) in [5.74, 6) is 2.39. The Kier molecular flexibility index (Phi) is 10.9. The molecule has 0 saturated carbocycles. The van der Waals surface area contributed by atoms with Crippen LogP contribution in [0.15, 0.2) is 0 Å². The maximum atomic E-state index is 12.4. The Bertz CT molecular complexity index is 100. The van der Waals surface area contributed by atoms with Gasteiger partial charge in [0, 0.05) is 13.0 Å². The average Bonchev–Trinajstić information content (AvgIpc) is 1.85. The summed E-state index contributed by atoms with van der Waals surface area (Å²) >= 11 is 0. The van der Waals surface area contributed by atoms with Gasteiger partial charge >= 0.3 is 0 Å². The summed E-state index contributed by atoms with van der Waals surface area (Å²) in [7, 11) is 1.72. The van der Waals surface area contributed by atoms with Crippen LogP contribution in [0.5, 0.6) is 0 Å². The summed E-state index contributed by atoms with van der Waals surface area (Å²) in [5.41, 5.74) is 0. The maximum Gasteiger partial charge on any atom is 0.113 e. The van der Waals surface area contributed by atoms with E-state index in [9.17, 15) is 4.39 Å². The van der Waals surface area contributed by atoms with Gasteiger partial charge in [0.15, 0.2) is 0 Å². The van der Waals surface area contributed by atoms with Crippen molar-refractivity contribution in [2.45, 2.75) is 19.0 Å². The predicted octanol–water partition coefficient (Wildman–Crippen LogP) is 1.38. The summed E-state index contributed by atoms with van der Waals surface area (Å²) < 4.78 is 12.4. The smallest absolute Gasteiger partial charge is 0.113 e. The van der Waals surface area contributed by atoms with Crippen molar-refractivity contribution < 1.29 is 4.39 Å². The van der Waals surface area contributed by atoms with Crippen molar-refractivity contribution in [3.8, 4) is 12.3 Å². The number of alkyl halides is 1. The van der Waals surface area contributed by atoms with Crippen molar-refractivity contribution >= 4 is 12.4 Å². The quantitative estimate of drug-likeness (QED) is 0.621. The summed E-state index contributed by atoms with van der Waals surface area (Å²) in [6.07, 6.45) is 5.15. The number of nitrogens with one attached hydrogen (secondary N) is 1. The van der Waals surface area contributed by atoms with Gasteiger partial charge in [-0.1, -0.05) is 0 Å². The van der Waals surface area contributed by atoms with Crippen LogP contribution in [-0.2, 0) is 0 Å². The van der Waals surface area contributed by atoms with Gasteiger partial charge in [0.1, 0.15) is 6.17 Å². The van der Waals surface area contributed by atoms with E-state index in [0.29, 0.717) is 19.4 Å². The van der Waals surface area contributed by atoms with E-state index < -0.39 is 6.17 Å². The van der Waals surface area contributed by atoms with Crippen molar-refractivity contribution in [2.75, 3.05) is 13.6 Å². The highest BCUT2D eigenvalue weighted by Crippen LogP contribution is 1.98. The van der Waals surface area contributed by atoms with E-state index in [0.717, 1.165) is 0 Å². The van der Waals surface area contributed by atoms with Gasteiger partial charge in [-0.15, -0.1) is 24.8 Å². The van der Waals surface area contributed by atoms with E-state index in [2.05, 4.69) is 11.2 Å². The fourth-order valence-corrected chi connectivity index (χ4v) is 0.564. The molecular formula is C7H13ClFN. The van der Waals surface area contributed by atoms with E-state index >= 15 is 0 Å². The minimum atomic E-state index is -0.786. The van der Waals surface area contributed by atoms with Crippen LogP contribution in [0.4, 0.5) is 4.39 Å². The Morgan fingerprint density at radius 3 is 2.70 bits per heavy atom. The lowest BCUT2D eigenvalue weighted by atomic mass is 10.2. The van der Waals surface area contributed by atoms with E-state index in [1.54, 1.807) is 7.05 Å². The van der Waals surface area contributed by atoms with E-state index in [4.69, 9.17) is 6.42 Å². The summed E-state index contributed by atoms with van der Waals surface area (Å²) in [6.45, 7) is 0.404. The number of halogens is 2. The van der Waals surface area contributed by atoms with Crippen molar-refractivity contribution in [3.05, 3.63) is 0 Å². The van der Waals surface area contributed by atoms with Gasteiger partial charge in [0.25, 0.3) is 0 Å². The molecule has 0 aromatic carbocycles. The van der Waals surface area contributed by atoms with Crippen LogP contribution in [0.25, 0.3) is 0 Å². The van der Waals surface area contributed by atoms with Gasteiger partial charge in [-0.25, -0.2) is 4.39 Å². The topological polar surface area (TPSA) is 12.0 Å². The van der Waals surface area contributed by atoms with Gasteiger partial charge in [-0.05, 0) is 13.5 Å². The normalized spacial score (nSPS) is 11.3. The third kappa shape index (κ3) is 7.74. The molecule has 0 radical (unpaired) electrons. The summed E-state index contributed by atoms with van der Waals surface area (Å²) in [5, 5.41) is 2.73. The molecule has 0 bridgehead atoms. The Hall–Kier alpha value is -0.260. The van der Waals surface area contributed by atoms with Crippen molar-refractivity contribution in [3.63, 3.8) is 0 Å². The van der Waals surface area contributed by atoms with Gasteiger partial charge in [0.2, 0.25) is 0 Å². The second-order valence-corrected chi connectivity index (χ2v) is 1.90. The molecule has 0 fully saturated rings. The monoisotopic (exact) mass is 165 g/mol. The number of hydrogen-bond donors (Lipinski definition) is 1. The molecule has 0 aliphatic carbocycles. The van der Waals surface area contributed by atoms with Crippen molar-refractivity contribution in [1.29, 1.82) is 0 Å². The SMILES string of the molecule is C#CCCC(F)CNC.Cl. The highest BCUT2D eigenvalue weighted by Gasteiger charge is 2.01. The molecule has 0 aromatic heterocycles. The summed E-state index contributed by atoms with van der Waals surface area (Å²) in [4.78, 5) is 0. The lowest BCUT2D eigenvalue weighted by Crippen LogP contribution is -2.19. The van der Waals surface area contributed by atoms with E-state index in [1.807, 2.05) is 0 Å². The van der Waals surface area contributed by atoms with Gasteiger partial charge < -0.3 is 5.32 Å². The van der Waals surface area contributed by atoms with Crippen LogP contribution >= 0.6 is 12.4 Å². The molecule has 60 valence electrons. The first-order valence-corrected chi connectivity index (χ1v) is 3.03. The Balaban J connectivity index is 0. The van der Waals surface area contributed by atoms with Crippen LogP contribution < -0.4 is 5.32 Å². The lowest BCUT2D eigenvalue weighted by Gasteiger charge is -2.02. The van der Waals surface area contributed by atoms with Crippen LogP contribution in [-0.4, -0.2) is 19.8 Å². The van der Waals surface area contributed by atoms with Crippen LogP contribution in [0, 0.1) is 12.3 Å². The lowest BCUT2D eigenvalue weighted by molar-refractivity contribution is 0.311. The maximum absolute atomic E-state index is 12.4. The second-order valence-electron chi connectivity index (χ2n) is 1.90. The van der Waals surface area contributed by atoms with E-state index in [-0.39, 0.29) is 12.4 Å². The van der Waals surface area contributed by atoms with Crippen LogP contribution in [0.3, 0.4) is 0 Å². The Morgan fingerprint density at radius 2 is 2.30 bits per heavy atom. The first-order chi connectivity index (χ1) is 4.31. The van der Waals surface area contributed by atoms with Crippen LogP contribution in [0.1, 0.15) is 12.8 Å². The minimum Gasteiger partial charge on any atom is -0.317 e. The molecule has 0 aliphatic rings. The molecule has 10 heavy (non-hydrogen) atoms. The van der Waals surface area contributed by atoms with Gasteiger partial charge in [0.05, 0.1) is 0 Å². The fraction of sp³-hybridized carbons (Fsp3) is 0.714. The average molecular weight is 166 g/mol. The highest BCUT2D eigenvalue weighted by atomic mass is 35.5. The third-order valence-corrected chi connectivity index (χ3v) is 1.03. The van der Waals surface area contributed by atoms with Gasteiger partial charge in [-0.3, -0.25) is 0 Å². The molecule has 1 unspecified atom stereocenters. The van der Waals surface area contributed by atoms with Gasteiger partial charge in [-0.2, -0.15) is 0 Å². The van der Waals surface area contributed by atoms with Crippen molar-refractivity contribution in [1.82, 2.24) is 5.32 Å². The van der Waals surface area contributed by atoms with Crippen LogP contribution in [0.2, 0.25) is 0 Å². The second kappa shape index (κ2) is 8.74. The molecule has 0 spiro atoms. The molecule has 0 heterocycles. The molecule has 0 aliphatic heterocycles. The first kappa shape index (κ1) is 12.4. The Morgan fingerprint density at radius 1 is 1.70 bits per heavy atom. The molecule has 1 nitrogen and oxygen atoms in total. The minimum absolute atomic E-state index is 0. The standard InChI is InChI=1S/C7H12FN.ClH/c1-3-4-5-7(8)6-9-2;/h1,7,9H,4-6H2,2H3;1H. The third-order valence-electron chi connectivity index (χ3n) is 1.03. The molecule has 0 rings (SSSR count). The predicted molar refractivity (Wildman–Crippen MR) is 44.1 cm³/mol. The molecule has 0 saturated heterocycles. The van der Waals surface area contributed by atoms with Crippen molar-refractivity contribution in [2.24, 2.45) is 0 Å². The molecular weight excluding hydrogens is 153 g/mol. The highest BCUT2D eigenvalue weighted by molar-refractivity contribution is 5.85. The zero-order valence-corrected chi connectivity index (χ0v) is 6.88. The Labute approximate surface area is 67.8 Å². The molecule has 0 aromatic rings. The summed E-state index contributed by atoms with van der Waals surface area (Å²) in [6, 6.07) is 0. The fourth-order valence-electron chi connectivity index (χ4n) is 0.564. The molecule has 1 atom stereocenters. The zero-order chi connectivity index (χ0) is 7.11. The van der Waals surface area contributed by atoms with E-state index in [1.165, 1.54) is 0 Å². The number of terminal acetylenes is 1. The first-order valence-electron chi connectivity index (χ1n) is 3.03.